The number of allylic oxidation sites excluding steroid dienone is 3. The number of carbonyl (C=O) groups is 1. The Bertz CT molecular complexity index is 956. The van der Waals surface area contributed by atoms with E-state index in [0.717, 1.165) is 12.3 Å². The highest BCUT2D eigenvalue weighted by atomic mass is 16.5. The number of ether oxygens (including phenoxy) is 1. The second-order valence-electron chi connectivity index (χ2n) is 15.3. The second kappa shape index (κ2) is 7.97. The minimum absolute atomic E-state index is 0.0621. The summed E-state index contributed by atoms with van der Waals surface area (Å²) in [5.41, 5.74) is 6.69. The van der Waals surface area contributed by atoms with Crippen molar-refractivity contribution in [2.45, 2.75) is 132 Å². The molecule has 0 bridgehead atoms. The minimum atomic E-state index is -0.113. The van der Waals surface area contributed by atoms with Crippen LogP contribution in [0, 0.1) is 44.8 Å². The van der Waals surface area contributed by atoms with E-state index in [1.165, 1.54) is 69.8 Å². The van der Waals surface area contributed by atoms with Crippen molar-refractivity contribution < 1.29 is 9.53 Å². The van der Waals surface area contributed by atoms with E-state index in [4.69, 9.17) is 4.74 Å². The molecule has 5 aliphatic carbocycles. The average molecular weight is 481 g/mol. The van der Waals surface area contributed by atoms with Gasteiger partial charge in [0.05, 0.1) is 0 Å². The van der Waals surface area contributed by atoms with Crippen molar-refractivity contribution in [2.75, 3.05) is 0 Å². The van der Waals surface area contributed by atoms with Gasteiger partial charge >= 0.3 is 5.97 Å². The third-order valence-corrected chi connectivity index (χ3v) is 13.4. The van der Waals surface area contributed by atoms with Gasteiger partial charge in [-0.2, -0.15) is 0 Å². The molecule has 3 saturated carbocycles. The van der Waals surface area contributed by atoms with Gasteiger partial charge in [0.1, 0.15) is 6.10 Å². The maximum absolute atomic E-state index is 11.8. The number of fused-ring (bicyclic) bond motifs is 6. The first-order valence-electron chi connectivity index (χ1n) is 14.7. The quantitative estimate of drug-likeness (QED) is 0.291. The molecule has 5 rings (SSSR count). The molecule has 3 fully saturated rings. The molecule has 0 amide bonds. The average Bonchev–Trinajstić information content (AvgIpc) is 2.78. The summed E-state index contributed by atoms with van der Waals surface area (Å²) in [7, 11) is 0. The highest BCUT2D eigenvalue weighted by Gasteiger charge is 2.64. The zero-order valence-corrected chi connectivity index (χ0v) is 24.1. The van der Waals surface area contributed by atoms with E-state index in [-0.39, 0.29) is 17.5 Å². The molecular weight excluding hydrogens is 428 g/mol. The Morgan fingerprint density at radius 1 is 0.886 bits per heavy atom. The lowest BCUT2D eigenvalue weighted by Crippen LogP contribution is -2.60. The fraction of sp³-hybridized carbons (Fsp3) is 0.848. The van der Waals surface area contributed by atoms with Gasteiger partial charge in [-0.15, -0.1) is 0 Å². The third-order valence-electron chi connectivity index (χ3n) is 13.4. The highest BCUT2D eigenvalue weighted by molar-refractivity contribution is 5.66. The van der Waals surface area contributed by atoms with Crippen LogP contribution in [0.15, 0.2) is 23.3 Å². The maximum Gasteiger partial charge on any atom is 0.302 e. The van der Waals surface area contributed by atoms with Crippen LogP contribution in [0.3, 0.4) is 0 Å². The summed E-state index contributed by atoms with van der Waals surface area (Å²) in [6, 6.07) is 0. The van der Waals surface area contributed by atoms with Crippen LogP contribution in [0.25, 0.3) is 0 Å². The number of carbonyl (C=O) groups excluding carboxylic acids is 1. The van der Waals surface area contributed by atoms with Crippen molar-refractivity contribution in [3.8, 4) is 0 Å². The van der Waals surface area contributed by atoms with Gasteiger partial charge in [-0.05, 0) is 117 Å². The topological polar surface area (TPSA) is 26.3 Å². The molecule has 5 aliphatic rings. The van der Waals surface area contributed by atoms with Crippen LogP contribution in [0.2, 0.25) is 0 Å². The molecule has 0 heterocycles. The van der Waals surface area contributed by atoms with E-state index < -0.39 is 0 Å². The van der Waals surface area contributed by atoms with Gasteiger partial charge in [0.25, 0.3) is 0 Å². The van der Waals surface area contributed by atoms with E-state index in [1.807, 2.05) is 11.1 Å². The molecule has 35 heavy (non-hydrogen) atoms. The lowest BCUT2D eigenvalue weighted by atomic mass is 9.36. The van der Waals surface area contributed by atoms with Gasteiger partial charge in [-0.25, -0.2) is 0 Å². The van der Waals surface area contributed by atoms with E-state index in [2.05, 4.69) is 55.0 Å². The molecule has 2 nitrogen and oxygen atoms in total. The Balaban J connectivity index is 1.50. The molecule has 0 spiro atoms. The Hall–Kier alpha value is -1.05. The van der Waals surface area contributed by atoms with Gasteiger partial charge in [-0.1, -0.05) is 64.8 Å². The fourth-order valence-electron chi connectivity index (χ4n) is 10.5. The molecule has 0 radical (unpaired) electrons. The van der Waals surface area contributed by atoms with Crippen molar-refractivity contribution in [1.29, 1.82) is 0 Å². The van der Waals surface area contributed by atoms with Crippen molar-refractivity contribution in [3.63, 3.8) is 0 Å². The predicted octanol–water partition coefficient (Wildman–Crippen LogP) is 9.05. The van der Waals surface area contributed by atoms with Gasteiger partial charge in [0, 0.05) is 12.3 Å². The smallest absolute Gasteiger partial charge is 0.302 e. The second-order valence-corrected chi connectivity index (χ2v) is 15.3. The zero-order chi connectivity index (χ0) is 25.6. The summed E-state index contributed by atoms with van der Waals surface area (Å²) < 4.78 is 5.86. The van der Waals surface area contributed by atoms with Crippen molar-refractivity contribution >= 4 is 5.97 Å². The monoisotopic (exact) mass is 480 g/mol. The molecule has 0 aromatic rings. The normalized spacial score (nSPS) is 48.7. The third kappa shape index (κ3) is 3.50. The van der Waals surface area contributed by atoms with Crippen LogP contribution in [-0.2, 0) is 9.53 Å². The predicted molar refractivity (Wildman–Crippen MR) is 145 cm³/mol. The SMILES string of the molecule is C=C(C)[C@]1(C)CC[C@]2(C)CC[C@]3(C)C4=C(CC[C@@]3(C)[C@@H]2C1)[C@@H]1CC[C@H](OC(C)=O)C(C)(C)[C@H]1CC4. The minimum Gasteiger partial charge on any atom is -0.462 e. The van der Waals surface area contributed by atoms with Crippen LogP contribution >= 0.6 is 0 Å². The van der Waals surface area contributed by atoms with Crippen LogP contribution < -0.4 is 0 Å². The maximum atomic E-state index is 11.8. The molecule has 0 aliphatic heterocycles. The van der Waals surface area contributed by atoms with Crippen molar-refractivity contribution in [1.82, 2.24) is 0 Å². The summed E-state index contributed by atoms with van der Waals surface area (Å²) in [4.78, 5) is 11.8. The molecule has 2 heteroatoms. The zero-order valence-electron chi connectivity index (χ0n) is 24.1. The van der Waals surface area contributed by atoms with Gasteiger partial charge in [0.15, 0.2) is 0 Å². The summed E-state index contributed by atoms with van der Waals surface area (Å²) in [6.45, 7) is 23.6. The summed E-state index contributed by atoms with van der Waals surface area (Å²) in [6.07, 6.45) is 14.3. The van der Waals surface area contributed by atoms with E-state index in [0.29, 0.717) is 33.5 Å². The van der Waals surface area contributed by atoms with Crippen LogP contribution in [-0.4, -0.2) is 12.1 Å². The first-order valence-corrected chi connectivity index (χ1v) is 14.7. The largest absolute Gasteiger partial charge is 0.462 e. The van der Waals surface area contributed by atoms with E-state index in [9.17, 15) is 4.79 Å². The van der Waals surface area contributed by atoms with Crippen LogP contribution in [0.1, 0.15) is 126 Å². The molecule has 0 saturated heterocycles. The molecule has 0 aromatic carbocycles. The first-order chi connectivity index (χ1) is 16.2. The Morgan fingerprint density at radius 3 is 2.23 bits per heavy atom. The molecule has 0 N–H and O–H groups in total. The number of hydrogen-bond acceptors (Lipinski definition) is 2. The molecule has 0 unspecified atom stereocenters. The van der Waals surface area contributed by atoms with Crippen molar-refractivity contribution in [2.24, 2.45) is 44.8 Å². The summed E-state index contributed by atoms with van der Waals surface area (Å²) >= 11 is 0. The van der Waals surface area contributed by atoms with E-state index in [1.54, 1.807) is 6.92 Å². The molecule has 0 aromatic heterocycles. The number of esters is 1. The number of hydrogen-bond donors (Lipinski definition) is 0. The van der Waals surface area contributed by atoms with Crippen molar-refractivity contribution in [3.05, 3.63) is 23.3 Å². The molecule has 8 atom stereocenters. The highest BCUT2D eigenvalue weighted by Crippen LogP contribution is 2.74. The lowest BCUT2D eigenvalue weighted by molar-refractivity contribution is -0.164. The first kappa shape index (κ1) is 25.6. The summed E-state index contributed by atoms with van der Waals surface area (Å²) in [5.74, 6) is 2.01. The standard InChI is InChI=1S/C33H52O2/c1-21(2)31(7)17-16-30(6)18-19-32(8)26-12-11-25-23(10-13-28(29(25,4)5)35-22(3)34)24(26)14-15-33(32,9)27(30)20-31/h23,25,27-28H,1,10-20H2,2-9H3/t23-,25-,27+,28-,30+,31+,32+,33-/m0/s1. The molecular formula is C33H52O2. The summed E-state index contributed by atoms with van der Waals surface area (Å²) in [5, 5.41) is 0. The van der Waals surface area contributed by atoms with Crippen LogP contribution in [0.5, 0.6) is 0 Å². The fourth-order valence-corrected chi connectivity index (χ4v) is 10.5. The Morgan fingerprint density at radius 2 is 1.57 bits per heavy atom. The molecule has 196 valence electrons. The lowest BCUT2D eigenvalue weighted by Gasteiger charge is -2.69. The van der Waals surface area contributed by atoms with Gasteiger partial charge in [-0.3, -0.25) is 4.79 Å². The Kier molecular flexibility index (Phi) is 5.83. The number of rotatable bonds is 2. The van der Waals surface area contributed by atoms with E-state index >= 15 is 0 Å². The van der Waals surface area contributed by atoms with Gasteiger partial charge in [0.2, 0.25) is 0 Å². The Labute approximate surface area is 215 Å². The van der Waals surface area contributed by atoms with Gasteiger partial charge < -0.3 is 4.74 Å². The van der Waals surface area contributed by atoms with Crippen LogP contribution in [0.4, 0.5) is 0 Å².